The van der Waals surface area contributed by atoms with Crippen LogP contribution in [0, 0.1) is 0 Å². The maximum Gasteiger partial charge on any atom is 0.234 e. The van der Waals surface area contributed by atoms with Gasteiger partial charge in [0.1, 0.15) is 11.3 Å². The number of thiophene rings is 1. The van der Waals surface area contributed by atoms with Crippen LogP contribution in [-0.2, 0) is 11.3 Å². The smallest absolute Gasteiger partial charge is 0.234 e. The first kappa shape index (κ1) is 17.2. The number of amides is 1. The van der Waals surface area contributed by atoms with E-state index in [0.717, 1.165) is 27.1 Å². The molecule has 2 aromatic heterocycles. The molecule has 24 heavy (non-hydrogen) atoms. The molecular weight excluding hydrogens is 388 g/mol. The zero-order valence-corrected chi connectivity index (χ0v) is 16.0. The lowest BCUT2D eigenvalue weighted by atomic mass is 10.2. The average Bonchev–Trinajstić information content (AvgIpc) is 3.12. The van der Waals surface area contributed by atoms with Crippen molar-refractivity contribution in [1.29, 1.82) is 0 Å². The molecular formula is C18H19BrN2O2S. The third-order valence-corrected chi connectivity index (χ3v) is 5.33. The highest BCUT2D eigenvalue weighted by Gasteiger charge is 2.15. The van der Waals surface area contributed by atoms with E-state index in [2.05, 4.69) is 27.3 Å². The van der Waals surface area contributed by atoms with Crippen LogP contribution in [0.25, 0.3) is 11.0 Å². The van der Waals surface area contributed by atoms with E-state index in [1.54, 1.807) is 11.3 Å². The maximum absolute atomic E-state index is 12.2. The fourth-order valence-electron chi connectivity index (χ4n) is 2.58. The Bertz CT molecular complexity index is 809. The molecule has 2 heterocycles. The van der Waals surface area contributed by atoms with E-state index < -0.39 is 0 Å². The number of furan rings is 1. The summed E-state index contributed by atoms with van der Waals surface area (Å²) in [4.78, 5) is 15.5. The summed E-state index contributed by atoms with van der Waals surface area (Å²) in [5.74, 6) is 0.760. The minimum absolute atomic E-state index is 0.0129. The number of hydrogen-bond acceptors (Lipinski definition) is 4. The Kier molecular flexibility index (Phi) is 5.38. The zero-order chi connectivity index (χ0) is 17.1. The number of likely N-dealkylation sites (N-methyl/N-ethyl adjacent to an activating group) is 1. The summed E-state index contributed by atoms with van der Waals surface area (Å²) in [5.41, 5.74) is 0.842. The molecule has 1 atom stereocenters. The molecule has 0 spiro atoms. The van der Waals surface area contributed by atoms with Crippen molar-refractivity contribution in [3.05, 3.63) is 56.9 Å². The molecule has 1 N–H and O–H groups in total. The van der Waals surface area contributed by atoms with Gasteiger partial charge in [0, 0.05) is 16.8 Å². The first-order chi connectivity index (χ1) is 11.5. The van der Waals surface area contributed by atoms with Gasteiger partial charge in [-0.3, -0.25) is 9.69 Å². The van der Waals surface area contributed by atoms with Crippen LogP contribution < -0.4 is 5.32 Å². The number of nitrogens with one attached hydrogen (secondary N) is 1. The van der Waals surface area contributed by atoms with Gasteiger partial charge in [-0.15, -0.1) is 11.3 Å². The van der Waals surface area contributed by atoms with Gasteiger partial charge in [-0.2, -0.15) is 0 Å². The summed E-state index contributed by atoms with van der Waals surface area (Å²) < 4.78 is 6.91. The first-order valence-corrected chi connectivity index (χ1v) is 9.33. The Morgan fingerprint density at radius 2 is 2.12 bits per heavy atom. The van der Waals surface area contributed by atoms with E-state index in [-0.39, 0.29) is 11.9 Å². The van der Waals surface area contributed by atoms with Crippen molar-refractivity contribution in [2.45, 2.75) is 19.5 Å². The minimum Gasteiger partial charge on any atom is -0.459 e. The number of para-hydroxylation sites is 1. The van der Waals surface area contributed by atoms with Crippen molar-refractivity contribution in [3.63, 3.8) is 0 Å². The topological polar surface area (TPSA) is 45.5 Å². The molecule has 0 bridgehead atoms. The van der Waals surface area contributed by atoms with Crippen LogP contribution in [0.3, 0.4) is 0 Å². The second-order valence-electron chi connectivity index (χ2n) is 5.85. The molecule has 1 amide bonds. The van der Waals surface area contributed by atoms with Crippen LogP contribution in [-0.4, -0.2) is 24.4 Å². The summed E-state index contributed by atoms with van der Waals surface area (Å²) in [6, 6.07) is 13.8. The number of rotatable bonds is 6. The van der Waals surface area contributed by atoms with Gasteiger partial charge in [-0.05, 0) is 54.2 Å². The van der Waals surface area contributed by atoms with Gasteiger partial charge in [0.15, 0.2) is 0 Å². The van der Waals surface area contributed by atoms with E-state index in [9.17, 15) is 4.79 Å². The van der Waals surface area contributed by atoms with Crippen molar-refractivity contribution in [2.75, 3.05) is 13.6 Å². The number of fused-ring (bicyclic) bond motifs is 1. The Labute approximate surface area is 153 Å². The fourth-order valence-corrected chi connectivity index (χ4v) is 4.14. The SMILES string of the molecule is C[C@H](NC(=O)CN(C)Cc1ccc(Br)s1)c1cc2ccccc2o1. The van der Waals surface area contributed by atoms with Gasteiger partial charge >= 0.3 is 0 Å². The van der Waals surface area contributed by atoms with Crippen LogP contribution in [0.1, 0.15) is 23.6 Å². The lowest BCUT2D eigenvalue weighted by Crippen LogP contribution is -2.36. The molecule has 0 aliphatic carbocycles. The monoisotopic (exact) mass is 406 g/mol. The zero-order valence-electron chi connectivity index (χ0n) is 13.6. The molecule has 6 heteroatoms. The van der Waals surface area contributed by atoms with Crippen molar-refractivity contribution >= 4 is 44.1 Å². The van der Waals surface area contributed by atoms with Crippen molar-refractivity contribution in [3.8, 4) is 0 Å². The van der Waals surface area contributed by atoms with Gasteiger partial charge in [0.05, 0.1) is 16.4 Å². The standard InChI is InChI=1S/C18H19BrN2O2S/c1-12(16-9-13-5-3-4-6-15(13)23-16)20-18(22)11-21(2)10-14-7-8-17(19)24-14/h3-9,12H,10-11H2,1-2H3,(H,20,22)/t12-/m0/s1. The van der Waals surface area contributed by atoms with Crippen molar-refractivity contribution in [1.82, 2.24) is 10.2 Å². The van der Waals surface area contributed by atoms with E-state index in [0.29, 0.717) is 6.54 Å². The summed E-state index contributed by atoms with van der Waals surface area (Å²) in [7, 11) is 1.94. The minimum atomic E-state index is -0.158. The highest BCUT2D eigenvalue weighted by Crippen LogP contribution is 2.24. The second kappa shape index (κ2) is 7.51. The average molecular weight is 407 g/mol. The Hall–Kier alpha value is -1.63. The highest BCUT2D eigenvalue weighted by molar-refractivity contribution is 9.11. The number of carbonyl (C=O) groups is 1. The fraction of sp³-hybridized carbons (Fsp3) is 0.278. The highest BCUT2D eigenvalue weighted by atomic mass is 79.9. The summed E-state index contributed by atoms with van der Waals surface area (Å²) in [5, 5.41) is 4.05. The lowest BCUT2D eigenvalue weighted by molar-refractivity contribution is -0.122. The lowest BCUT2D eigenvalue weighted by Gasteiger charge is -2.17. The molecule has 126 valence electrons. The predicted octanol–water partition coefficient (Wildman–Crippen LogP) is 4.57. The van der Waals surface area contributed by atoms with Crippen molar-refractivity contribution < 1.29 is 9.21 Å². The first-order valence-electron chi connectivity index (χ1n) is 7.72. The van der Waals surface area contributed by atoms with Crippen LogP contribution in [0.2, 0.25) is 0 Å². The predicted molar refractivity (Wildman–Crippen MR) is 101 cm³/mol. The van der Waals surface area contributed by atoms with Gasteiger partial charge in [0.2, 0.25) is 5.91 Å². The van der Waals surface area contributed by atoms with Crippen LogP contribution in [0.5, 0.6) is 0 Å². The normalized spacial score (nSPS) is 12.7. The molecule has 3 aromatic rings. The van der Waals surface area contributed by atoms with E-state index in [1.807, 2.05) is 55.3 Å². The molecule has 4 nitrogen and oxygen atoms in total. The van der Waals surface area contributed by atoms with Crippen LogP contribution in [0.15, 0.2) is 50.7 Å². The van der Waals surface area contributed by atoms with Gasteiger partial charge in [-0.25, -0.2) is 0 Å². The quantitative estimate of drug-likeness (QED) is 0.651. The van der Waals surface area contributed by atoms with Crippen LogP contribution >= 0.6 is 27.3 Å². The van der Waals surface area contributed by atoms with Crippen LogP contribution in [0.4, 0.5) is 0 Å². The Morgan fingerprint density at radius 1 is 1.33 bits per heavy atom. The number of carbonyl (C=O) groups excluding carboxylic acids is 1. The summed E-state index contributed by atoms with van der Waals surface area (Å²) >= 11 is 5.14. The van der Waals surface area contributed by atoms with E-state index in [1.165, 1.54) is 4.88 Å². The molecule has 0 unspecified atom stereocenters. The number of nitrogens with zero attached hydrogens (tertiary/aromatic N) is 1. The van der Waals surface area contributed by atoms with E-state index >= 15 is 0 Å². The second-order valence-corrected chi connectivity index (χ2v) is 8.40. The third kappa shape index (κ3) is 4.26. The molecule has 1 aromatic carbocycles. The summed E-state index contributed by atoms with van der Waals surface area (Å²) in [6.45, 7) is 3.04. The Balaban J connectivity index is 1.55. The van der Waals surface area contributed by atoms with Gasteiger partial charge in [-0.1, -0.05) is 18.2 Å². The summed E-state index contributed by atoms with van der Waals surface area (Å²) in [6.07, 6.45) is 0. The number of hydrogen-bond donors (Lipinski definition) is 1. The molecule has 0 fully saturated rings. The Morgan fingerprint density at radius 3 is 2.83 bits per heavy atom. The van der Waals surface area contributed by atoms with E-state index in [4.69, 9.17) is 4.42 Å². The molecule has 0 radical (unpaired) electrons. The number of halogens is 1. The van der Waals surface area contributed by atoms with Gasteiger partial charge < -0.3 is 9.73 Å². The largest absolute Gasteiger partial charge is 0.459 e. The van der Waals surface area contributed by atoms with Gasteiger partial charge in [0.25, 0.3) is 0 Å². The molecule has 0 saturated carbocycles. The van der Waals surface area contributed by atoms with Crippen molar-refractivity contribution in [2.24, 2.45) is 0 Å². The molecule has 0 aliphatic rings. The molecule has 0 saturated heterocycles. The molecule has 0 aliphatic heterocycles. The molecule has 3 rings (SSSR count). The third-order valence-electron chi connectivity index (χ3n) is 3.72. The number of benzene rings is 1. The maximum atomic E-state index is 12.2.